The van der Waals surface area contributed by atoms with Crippen LogP contribution in [0, 0.1) is 11.7 Å². The van der Waals surface area contributed by atoms with Crippen LogP contribution in [0.4, 0.5) is 0 Å². The van der Waals surface area contributed by atoms with Crippen molar-refractivity contribution in [3.63, 3.8) is 0 Å². The van der Waals surface area contributed by atoms with Crippen LogP contribution in [0.3, 0.4) is 0 Å². The Bertz CT molecular complexity index is 1350. The van der Waals surface area contributed by atoms with E-state index in [4.69, 9.17) is 35.9 Å². The molecule has 3 rings (SSSR count). The monoisotopic (exact) mass is 590 g/mol. The summed E-state index contributed by atoms with van der Waals surface area (Å²) >= 11 is 5.74. The lowest BCUT2D eigenvalue weighted by Gasteiger charge is -2.45. The van der Waals surface area contributed by atoms with Crippen molar-refractivity contribution in [1.82, 2.24) is 19.7 Å². The van der Waals surface area contributed by atoms with Crippen LogP contribution in [-0.2, 0) is 51.3 Å². The van der Waals surface area contributed by atoms with Crippen molar-refractivity contribution >= 4 is 36.0 Å². The smallest absolute Gasteiger partial charge is 0.303 e. The second-order valence-electron chi connectivity index (χ2n) is 9.39. The molecule has 0 radical (unpaired) electrons. The van der Waals surface area contributed by atoms with Crippen molar-refractivity contribution in [1.29, 1.82) is 0 Å². The number of allylic oxidation sites excluding steroid dienone is 1. The topological polar surface area (TPSA) is 149 Å². The molecule has 5 atom stereocenters. The molecule has 1 N–H and O–H groups in total. The number of nitrogens with one attached hydrogen (secondary N) is 1. The van der Waals surface area contributed by atoms with E-state index in [-0.39, 0.29) is 24.5 Å². The number of benzene rings is 1. The molecule has 1 saturated heterocycles. The quantitative estimate of drug-likeness (QED) is 0.178. The lowest BCUT2D eigenvalue weighted by molar-refractivity contribution is -0.239. The maximum absolute atomic E-state index is 12.3. The molecule has 2 aromatic rings. The van der Waals surface area contributed by atoms with Gasteiger partial charge in [0.15, 0.2) is 24.3 Å². The lowest BCUT2D eigenvalue weighted by atomic mass is 9.95. The van der Waals surface area contributed by atoms with E-state index in [1.54, 1.807) is 10.6 Å². The van der Waals surface area contributed by atoms with Gasteiger partial charge in [0.25, 0.3) is 0 Å². The maximum atomic E-state index is 12.3. The van der Waals surface area contributed by atoms with E-state index in [1.165, 1.54) is 32.4 Å². The summed E-state index contributed by atoms with van der Waals surface area (Å²) in [7, 11) is 0. The molecular weight excluding hydrogens is 556 g/mol. The predicted molar refractivity (Wildman–Crippen MR) is 146 cm³/mol. The SMILES string of the molecule is C=CCn1c(COc2cccc(C)c2)nn([C@@H]2O[C@H](COC(C)=O)[C@@H](OC(C)=O)[C@H](OC(C)=O)[C@H]2NC(C)=O)c1=S. The Hall–Kier alpha value is -4.04. The molecule has 222 valence electrons. The molecule has 1 aromatic heterocycles. The molecule has 0 saturated carbocycles. The summed E-state index contributed by atoms with van der Waals surface area (Å²) < 4.78 is 31.6. The first kappa shape index (κ1) is 31.5. The third kappa shape index (κ3) is 8.24. The van der Waals surface area contributed by atoms with Crippen molar-refractivity contribution in [2.45, 2.75) is 78.4 Å². The predicted octanol–water partition coefficient (Wildman–Crippen LogP) is 2.32. The average Bonchev–Trinajstić information content (AvgIpc) is 3.18. The number of aromatic nitrogens is 3. The molecule has 1 amide bonds. The highest BCUT2D eigenvalue weighted by molar-refractivity contribution is 7.71. The van der Waals surface area contributed by atoms with E-state index >= 15 is 0 Å². The number of carbonyl (C=O) groups excluding carboxylic acids is 4. The van der Waals surface area contributed by atoms with E-state index in [2.05, 4.69) is 17.0 Å². The maximum Gasteiger partial charge on any atom is 0.303 e. The Morgan fingerprint density at radius 2 is 1.78 bits per heavy atom. The minimum atomic E-state index is -1.25. The molecule has 1 aromatic carbocycles. The summed E-state index contributed by atoms with van der Waals surface area (Å²) in [5.74, 6) is -1.46. The van der Waals surface area contributed by atoms with Crippen LogP contribution >= 0.6 is 12.2 Å². The van der Waals surface area contributed by atoms with Gasteiger partial charge in [0.2, 0.25) is 10.7 Å². The van der Waals surface area contributed by atoms with Gasteiger partial charge < -0.3 is 29.0 Å². The molecule has 1 fully saturated rings. The van der Waals surface area contributed by atoms with Crippen molar-refractivity contribution in [3.05, 3.63) is 53.1 Å². The van der Waals surface area contributed by atoms with Crippen LogP contribution in [0.25, 0.3) is 0 Å². The molecule has 1 aliphatic rings. The zero-order valence-electron chi connectivity index (χ0n) is 23.5. The molecule has 14 heteroatoms. The van der Waals surface area contributed by atoms with Crippen LogP contribution in [0.1, 0.15) is 45.3 Å². The van der Waals surface area contributed by atoms with E-state index in [0.29, 0.717) is 11.6 Å². The molecule has 0 spiro atoms. The minimum Gasteiger partial charge on any atom is -0.486 e. The molecule has 0 bridgehead atoms. The van der Waals surface area contributed by atoms with Gasteiger partial charge in [-0.3, -0.25) is 23.7 Å². The summed E-state index contributed by atoms with van der Waals surface area (Å²) in [5.41, 5.74) is 1.02. The number of aryl methyl sites for hydroxylation is 1. The van der Waals surface area contributed by atoms with Crippen molar-refractivity contribution in [2.75, 3.05) is 6.61 Å². The fourth-order valence-electron chi connectivity index (χ4n) is 4.41. The summed E-state index contributed by atoms with van der Waals surface area (Å²) in [6.45, 7) is 10.5. The fraction of sp³-hybridized carbons (Fsp3) is 0.481. The van der Waals surface area contributed by atoms with Crippen LogP contribution < -0.4 is 10.1 Å². The van der Waals surface area contributed by atoms with Gasteiger partial charge in [-0.25, -0.2) is 4.68 Å². The van der Waals surface area contributed by atoms with E-state index in [9.17, 15) is 19.2 Å². The largest absolute Gasteiger partial charge is 0.486 e. The number of rotatable bonds is 11. The summed E-state index contributed by atoms with van der Waals surface area (Å²) in [5, 5.41) is 7.37. The summed E-state index contributed by atoms with van der Waals surface area (Å²) in [6.07, 6.45) is -3.14. The third-order valence-electron chi connectivity index (χ3n) is 5.96. The molecular formula is C27H34N4O9S. The lowest BCUT2D eigenvalue weighted by Crippen LogP contribution is -2.64. The molecule has 0 unspecified atom stereocenters. The molecule has 13 nitrogen and oxygen atoms in total. The van der Waals surface area contributed by atoms with E-state index < -0.39 is 54.4 Å². The van der Waals surface area contributed by atoms with Crippen LogP contribution in [-0.4, -0.2) is 69.1 Å². The van der Waals surface area contributed by atoms with Gasteiger partial charge >= 0.3 is 17.9 Å². The number of carbonyl (C=O) groups is 4. The van der Waals surface area contributed by atoms with Crippen LogP contribution in [0.5, 0.6) is 5.75 Å². The third-order valence-corrected chi connectivity index (χ3v) is 6.37. The number of hydrogen-bond acceptors (Lipinski definition) is 11. The van der Waals surface area contributed by atoms with Crippen LogP contribution in [0.15, 0.2) is 36.9 Å². The van der Waals surface area contributed by atoms with Gasteiger partial charge in [0.05, 0.1) is 0 Å². The number of nitrogens with zero attached hydrogens (tertiary/aromatic N) is 3. The minimum absolute atomic E-state index is 0.0335. The van der Waals surface area contributed by atoms with Gasteiger partial charge in [-0.15, -0.1) is 6.58 Å². The second kappa shape index (κ2) is 14.0. The number of ether oxygens (including phenoxy) is 5. The zero-order chi connectivity index (χ0) is 30.3. The van der Waals surface area contributed by atoms with E-state index in [0.717, 1.165) is 5.56 Å². The average molecular weight is 591 g/mol. The Labute approximate surface area is 242 Å². The van der Waals surface area contributed by atoms with Gasteiger partial charge in [0, 0.05) is 34.2 Å². The molecule has 2 heterocycles. The standard InChI is InChI=1S/C27H34N4O9S/c1-7-11-30-22(14-37-20-10-8-9-15(2)12-20)29-31(27(30)41)26-23(28-16(3)32)25(39-19(6)35)24(38-18(5)34)21(40-26)13-36-17(4)33/h7-10,12,21,23-26H,1,11,13-14H2,2-6H3,(H,28,32)/t21-,23-,24-,25-,26-/m1/s1. The van der Waals surface area contributed by atoms with Crippen molar-refractivity contribution < 1.29 is 42.9 Å². The summed E-state index contributed by atoms with van der Waals surface area (Å²) in [6, 6.07) is 6.38. The number of hydrogen-bond donors (Lipinski definition) is 1. The second-order valence-corrected chi connectivity index (χ2v) is 9.76. The normalized spacial score (nSPS) is 21.8. The highest BCUT2D eigenvalue weighted by atomic mass is 32.1. The van der Waals surface area contributed by atoms with E-state index in [1.807, 2.05) is 31.2 Å². The number of amides is 1. The Morgan fingerprint density at radius 1 is 1.10 bits per heavy atom. The highest BCUT2D eigenvalue weighted by Crippen LogP contribution is 2.33. The first-order valence-electron chi connectivity index (χ1n) is 12.8. The Balaban J connectivity index is 2.10. The number of esters is 3. The van der Waals surface area contributed by atoms with Crippen molar-refractivity contribution in [3.8, 4) is 5.75 Å². The summed E-state index contributed by atoms with van der Waals surface area (Å²) in [4.78, 5) is 48.1. The Kier molecular flexibility index (Phi) is 10.8. The van der Waals surface area contributed by atoms with Crippen molar-refractivity contribution in [2.24, 2.45) is 0 Å². The highest BCUT2D eigenvalue weighted by Gasteiger charge is 2.52. The molecule has 0 aliphatic carbocycles. The Morgan fingerprint density at radius 3 is 2.37 bits per heavy atom. The first-order valence-corrected chi connectivity index (χ1v) is 13.2. The van der Waals surface area contributed by atoms with Gasteiger partial charge in [-0.2, -0.15) is 5.10 Å². The van der Waals surface area contributed by atoms with Crippen LogP contribution in [0.2, 0.25) is 0 Å². The zero-order valence-corrected chi connectivity index (χ0v) is 24.3. The van der Waals surface area contributed by atoms with Gasteiger partial charge in [-0.05, 0) is 36.8 Å². The molecule has 1 aliphatic heterocycles. The van der Waals surface area contributed by atoms with Gasteiger partial charge in [0.1, 0.15) is 31.1 Å². The molecule has 41 heavy (non-hydrogen) atoms. The first-order chi connectivity index (χ1) is 19.4. The van der Waals surface area contributed by atoms with Gasteiger partial charge in [-0.1, -0.05) is 18.2 Å². The fourth-order valence-corrected chi connectivity index (χ4v) is 4.74.